The van der Waals surface area contributed by atoms with E-state index in [2.05, 4.69) is 0 Å². The van der Waals surface area contributed by atoms with Crippen LogP contribution in [0.4, 0.5) is 0 Å². The molecule has 0 aromatic carbocycles. The first kappa shape index (κ1) is 7.16. The lowest BCUT2D eigenvalue weighted by atomic mass is 10.4. The summed E-state index contributed by atoms with van der Waals surface area (Å²) >= 11 is 0. The van der Waals surface area contributed by atoms with E-state index in [0.717, 1.165) is 23.1 Å². The van der Waals surface area contributed by atoms with E-state index >= 15 is 0 Å². The number of rotatable bonds is 1. The van der Waals surface area contributed by atoms with Crippen LogP contribution in [-0.4, -0.2) is 10.9 Å². The van der Waals surface area contributed by atoms with E-state index in [1.54, 1.807) is 6.07 Å². The van der Waals surface area contributed by atoms with Gasteiger partial charge >= 0.3 is 0 Å². The van der Waals surface area contributed by atoms with Crippen molar-refractivity contribution in [3.05, 3.63) is 23.6 Å². The van der Waals surface area contributed by atoms with Gasteiger partial charge in [0.2, 0.25) is 0 Å². The molecule has 0 saturated heterocycles. The zero-order valence-electron chi connectivity index (χ0n) is 7.00. The van der Waals surface area contributed by atoms with Crippen LogP contribution in [0.3, 0.4) is 0 Å². The summed E-state index contributed by atoms with van der Waals surface area (Å²) in [5.74, 6) is 0.385. The maximum absolute atomic E-state index is 10.4. The maximum atomic E-state index is 10.4. The molecular formula is C9H9NO2. The van der Waals surface area contributed by atoms with Crippen molar-refractivity contribution in [1.29, 1.82) is 0 Å². The zero-order valence-corrected chi connectivity index (χ0v) is 7.00. The van der Waals surface area contributed by atoms with E-state index in [0.29, 0.717) is 5.76 Å². The number of aldehydes is 1. The zero-order chi connectivity index (χ0) is 8.72. The van der Waals surface area contributed by atoms with Crippen molar-refractivity contribution >= 4 is 17.4 Å². The number of hydrogen-bond donors (Lipinski definition) is 0. The average molecular weight is 163 g/mol. The molecule has 2 aromatic rings. The Morgan fingerprint density at radius 2 is 2.25 bits per heavy atom. The van der Waals surface area contributed by atoms with Crippen molar-refractivity contribution in [3.63, 3.8) is 0 Å². The fraction of sp³-hybridized carbons (Fsp3) is 0.222. The number of carbonyl (C=O) groups is 1. The molecule has 0 aliphatic carbocycles. The second-order valence-corrected chi connectivity index (χ2v) is 2.86. The van der Waals surface area contributed by atoms with Crippen LogP contribution in [0.2, 0.25) is 0 Å². The van der Waals surface area contributed by atoms with Gasteiger partial charge in [-0.1, -0.05) is 0 Å². The molecule has 0 fully saturated rings. The summed E-state index contributed by atoms with van der Waals surface area (Å²) in [5, 5.41) is 0. The fourth-order valence-corrected chi connectivity index (χ4v) is 1.31. The molecule has 12 heavy (non-hydrogen) atoms. The first-order valence-electron chi connectivity index (χ1n) is 3.73. The van der Waals surface area contributed by atoms with Crippen molar-refractivity contribution in [2.24, 2.45) is 7.05 Å². The Bertz CT molecular complexity index is 436. The Labute approximate surface area is 69.6 Å². The molecular weight excluding hydrogens is 154 g/mol. The van der Waals surface area contributed by atoms with E-state index < -0.39 is 0 Å². The summed E-state index contributed by atoms with van der Waals surface area (Å²) in [6, 6.07) is 3.66. The predicted octanol–water partition coefficient (Wildman–Crippen LogP) is 1.89. The van der Waals surface area contributed by atoms with Crippen molar-refractivity contribution in [1.82, 2.24) is 4.57 Å². The van der Waals surface area contributed by atoms with Gasteiger partial charge in [0.05, 0.1) is 5.52 Å². The molecule has 0 N–H and O–H groups in total. The highest BCUT2D eigenvalue weighted by Crippen LogP contribution is 2.21. The number of fused-ring (bicyclic) bond motifs is 1. The highest BCUT2D eigenvalue weighted by molar-refractivity contribution is 5.83. The van der Waals surface area contributed by atoms with Gasteiger partial charge in [-0.15, -0.1) is 0 Å². The molecule has 0 aliphatic rings. The van der Waals surface area contributed by atoms with Gasteiger partial charge in [-0.05, 0) is 6.92 Å². The summed E-state index contributed by atoms with van der Waals surface area (Å²) in [7, 11) is 1.95. The lowest BCUT2D eigenvalue weighted by molar-refractivity contribution is 0.110. The van der Waals surface area contributed by atoms with Crippen LogP contribution in [0.5, 0.6) is 0 Å². The summed E-state index contributed by atoms with van der Waals surface area (Å²) in [6.45, 7) is 2.00. The Morgan fingerprint density at radius 1 is 1.50 bits per heavy atom. The summed E-state index contributed by atoms with van der Waals surface area (Å²) < 4.78 is 7.22. The van der Waals surface area contributed by atoms with Crippen LogP contribution < -0.4 is 0 Å². The lowest BCUT2D eigenvalue weighted by Gasteiger charge is -1.93. The molecule has 0 saturated carbocycles. The van der Waals surface area contributed by atoms with Gasteiger partial charge in [0, 0.05) is 24.9 Å². The largest absolute Gasteiger partial charge is 0.452 e. The smallest absolute Gasteiger partial charge is 0.185 e. The quantitative estimate of drug-likeness (QED) is 0.602. The van der Waals surface area contributed by atoms with Crippen molar-refractivity contribution in [2.45, 2.75) is 6.92 Å². The summed E-state index contributed by atoms with van der Waals surface area (Å²) in [6.07, 6.45) is 0.718. The third kappa shape index (κ3) is 0.794. The molecule has 0 atom stereocenters. The molecule has 0 spiro atoms. The molecule has 62 valence electrons. The van der Waals surface area contributed by atoms with Gasteiger partial charge in [-0.25, -0.2) is 0 Å². The van der Waals surface area contributed by atoms with E-state index in [-0.39, 0.29) is 0 Å². The highest BCUT2D eigenvalue weighted by Gasteiger charge is 2.07. The molecule has 3 nitrogen and oxygen atoms in total. The van der Waals surface area contributed by atoms with Gasteiger partial charge < -0.3 is 8.98 Å². The molecule has 2 aromatic heterocycles. The molecule has 0 radical (unpaired) electrons. The summed E-state index contributed by atoms with van der Waals surface area (Å²) in [5.41, 5.74) is 2.87. The predicted molar refractivity (Wildman–Crippen MR) is 45.3 cm³/mol. The molecule has 3 heteroatoms. The number of aromatic nitrogens is 1. The number of carbonyl (C=O) groups excluding carboxylic acids is 1. The minimum Gasteiger partial charge on any atom is -0.452 e. The van der Waals surface area contributed by atoms with Gasteiger partial charge in [0.25, 0.3) is 0 Å². The number of hydrogen-bond acceptors (Lipinski definition) is 2. The molecule has 2 rings (SSSR count). The number of furan rings is 1. The lowest BCUT2D eigenvalue weighted by Crippen LogP contribution is -1.87. The van der Waals surface area contributed by atoms with E-state index in [1.165, 1.54) is 0 Å². The first-order valence-corrected chi connectivity index (χ1v) is 3.73. The standard InChI is InChI=1S/C9H9NO2/c1-6-3-9-8(10(6)2)4-7(5-11)12-9/h3-5H,1-2H3. The second-order valence-electron chi connectivity index (χ2n) is 2.86. The second kappa shape index (κ2) is 2.24. The van der Waals surface area contributed by atoms with Crippen LogP contribution in [0.25, 0.3) is 11.1 Å². The first-order chi connectivity index (χ1) is 5.72. The summed E-state index contributed by atoms with van der Waals surface area (Å²) in [4.78, 5) is 10.4. The van der Waals surface area contributed by atoms with Gasteiger partial charge in [-0.2, -0.15) is 0 Å². The average Bonchev–Trinajstić information content (AvgIpc) is 2.55. The Hall–Kier alpha value is -1.51. The monoisotopic (exact) mass is 163 g/mol. The van der Waals surface area contributed by atoms with Gasteiger partial charge in [0.15, 0.2) is 17.6 Å². The van der Waals surface area contributed by atoms with Crippen LogP contribution in [-0.2, 0) is 7.05 Å². The Kier molecular flexibility index (Phi) is 1.33. The molecule has 2 heterocycles. The number of aryl methyl sites for hydroxylation is 2. The molecule has 0 bridgehead atoms. The topological polar surface area (TPSA) is 35.1 Å². The maximum Gasteiger partial charge on any atom is 0.185 e. The van der Waals surface area contributed by atoms with E-state index in [1.807, 2.05) is 24.6 Å². The molecule has 0 amide bonds. The van der Waals surface area contributed by atoms with Crippen LogP contribution in [0.1, 0.15) is 16.2 Å². The van der Waals surface area contributed by atoms with Crippen LogP contribution in [0, 0.1) is 6.92 Å². The third-order valence-corrected chi connectivity index (χ3v) is 2.11. The highest BCUT2D eigenvalue weighted by atomic mass is 16.3. The SMILES string of the molecule is Cc1cc2oc(C=O)cc2n1C. The third-order valence-electron chi connectivity index (χ3n) is 2.11. The Morgan fingerprint density at radius 3 is 2.83 bits per heavy atom. The minimum absolute atomic E-state index is 0.385. The van der Waals surface area contributed by atoms with Crippen LogP contribution in [0.15, 0.2) is 16.5 Å². The molecule has 0 aliphatic heterocycles. The number of nitrogens with zero attached hydrogens (tertiary/aromatic N) is 1. The van der Waals surface area contributed by atoms with Gasteiger partial charge in [0.1, 0.15) is 0 Å². The van der Waals surface area contributed by atoms with Gasteiger partial charge in [-0.3, -0.25) is 4.79 Å². The van der Waals surface area contributed by atoms with Crippen molar-refractivity contribution < 1.29 is 9.21 Å². The van der Waals surface area contributed by atoms with Crippen molar-refractivity contribution in [3.8, 4) is 0 Å². The molecule has 0 unspecified atom stereocenters. The van der Waals surface area contributed by atoms with Crippen molar-refractivity contribution in [2.75, 3.05) is 0 Å². The normalized spacial score (nSPS) is 10.8. The van der Waals surface area contributed by atoms with E-state index in [9.17, 15) is 4.79 Å². The Balaban J connectivity index is 2.79. The van der Waals surface area contributed by atoms with Crippen LogP contribution >= 0.6 is 0 Å². The minimum atomic E-state index is 0.385. The van der Waals surface area contributed by atoms with E-state index in [4.69, 9.17) is 4.42 Å². The fourth-order valence-electron chi connectivity index (χ4n) is 1.31.